The summed E-state index contributed by atoms with van der Waals surface area (Å²) in [5.41, 5.74) is 1.99. The van der Waals surface area contributed by atoms with E-state index in [-0.39, 0.29) is 16.9 Å². The summed E-state index contributed by atoms with van der Waals surface area (Å²) in [5, 5.41) is 3.58. The normalized spacial score (nSPS) is 12.1. The van der Waals surface area contributed by atoms with Crippen LogP contribution in [0.5, 0.6) is 0 Å². The van der Waals surface area contributed by atoms with E-state index in [0.717, 1.165) is 18.5 Å². The van der Waals surface area contributed by atoms with Gasteiger partial charge in [-0.1, -0.05) is 68.1 Å². The van der Waals surface area contributed by atoms with Gasteiger partial charge in [0.1, 0.15) is 5.82 Å². The topological polar surface area (TPSA) is 12.0 Å². The van der Waals surface area contributed by atoms with E-state index in [1.165, 1.54) is 24.5 Å². The lowest BCUT2D eigenvalue weighted by Crippen LogP contribution is -2.11. The van der Waals surface area contributed by atoms with Gasteiger partial charge in [-0.25, -0.2) is 4.39 Å². The molecule has 0 amide bonds. The zero-order chi connectivity index (χ0) is 15.1. The smallest absolute Gasteiger partial charge is 0.143 e. The van der Waals surface area contributed by atoms with Crippen LogP contribution in [0.1, 0.15) is 44.2 Å². The zero-order valence-electron chi connectivity index (χ0n) is 12.3. The third-order valence-electron chi connectivity index (χ3n) is 3.56. The lowest BCUT2D eigenvalue weighted by molar-refractivity contribution is 0.603. The highest BCUT2D eigenvalue weighted by molar-refractivity contribution is 6.30. The Labute approximate surface area is 131 Å². The summed E-state index contributed by atoms with van der Waals surface area (Å²) in [6.45, 7) is 2.19. The van der Waals surface area contributed by atoms with Crippen LogP contribution in [-0.4, -0.2) is 0 Å². The van der Waals surface area contributed by atoms with E-state index < -0.39 is 0 Å². The van der Waals surface area contributed by atoms with Crippen molar-refractivity contribution in [2.75, 3.05) is 5.32 Å². The van der Waals surface area contributed by atoms with Crippen LogP contribution in [0.2, 0.25) is 5.02 Å². The number of unbranched alkanes of at least 4 members (excludes halogenated alkanes) is 2. The molecule has 0 saturated heterocycles. The van der Waals surface area contributed by atoms with E-state index in [1.807, 2.05) is 24.3 Å². The van der Waals surface area contributed by atoms with E-state index >= 15 is 0 Å². The Morgan fingerprint density at radius 3 is 2.52 bits per heavy atom. The van der Waals surface area contributed by atoms with E-state index in [1.54, 1.807) is 6.07 Å². The van der Waals surface area contributed by atoms with Crippen molar-refractivity contribution in [2.24, 2.45) is 0 Å². The van der Waals surface area contributed by atoms with Crippen LogP contribution in [-0.2, 0) is 0 Å². The average molecular weight is 306 g/mol. The van der Waals surface area contributed by atoms with Crippen LogP contribution in [0.25, 0.3) is 0 Å². The van der Waals surface area contributed by atoms with Crippen molar-refractivity contribution in [2.45, 2.75) is 38.6 Å². The van der Waals surface area contributed by atoms with Gasteiger partial charge in [0.15, 0.2) is 0 Å². The first-order valence-electron chi connectivity index (χ1n) is 7.47. The fraction of sp³-hybridized carbons (Fsp3) is 0.333. The predicted octanol–water partition coefficient (Wildman–Crippen LogP) is 6.21. The standard InChI is InChI=1S/C18H21ClFN/c1-2-3-5-10-18(14-8-6-4-7-9-14)21-15-11-12-16(19)17(20)13-15/h4,6-9,11-13,18,21H,2-3,5,10H2,1H3. The first-order chi connectivity index (χ1) is 10.2. The molecular weight excluding hydrogens is 285 g/mol. The van der Waals surface area contributed by atoms with Crippen LogP contribution in [0.3, 0.4) is 0 Å². The number of nitrogens with one attached hydrogen (secondary N) is 1. The van der Waals surface area contributed by atoms with Gasteiger partial charge in [-0.3, -0.25) is 0 Å². The molecule has 0 aromatic heterocycles. The van der Waals surface area contributed by atoms with E-state index in [2.05, 4.69) is 24.4 Å². The Hall–Kier alpha value is -1.54. The van der Waals surface area contributed by atoms with Crippen molar-refractivity contribution < 1.29 is 4.39 Å². The minimum atomic E-state index is -0.387. The molecule has 0 bridgehead atoms. The molecule has 1 unspecified atom stereocenters. The summed E-state index contributed by atoms with van der Waals surface area (Å²) in [4.78, 5) is 0. The van der Waals surface area contributed by atoms with Gasteiger partial charge in [-0.05, 0) is 30.2 Å². The monoisotopic (exact) mass is 305 g/mol. The second kappa shape index (κ2) is 8.04. The molecule has 3 heteroatoms. The quantitative estimate of drug-likeness (QED) is 0.599. The van der Waals surface area contributed by atoms with Gasteiger partial charge in [0.25, 0.3) is 0 Å². The highest BCUT2D eigenvalue weighted by Crippen LogP contribution is 2.27. The lowest BCUT2D eigenvalue weighted by atomic mass is 10.00. The molecule has 2 rings (SSSR count). The number of benzene rings is 2. The Kier molecular flexibility index (Phi) is 6.06. The van der Waals surface area contributed by atoms with E-state index in [9.17, 15) is 4.39 Å². The summed E-state index contributed by atoms with van der Waals surface area (Å²) in [6.07, 6.45) is 4.58. The zero-order valence-corrected chi connectivity index (χ0v) is 13.0. The Balaban J connectivity index is 2.13. The minimum absolute atomic E-state index is 0.155. The van der Waals surface area contributed by atoms with Crippen LogP contribution in [0, 0.1) is 5.82 Å². The molecule has 0 spiro atoms. The molecule has 2 aromatic rings. The van der Waals surface area contributed by atoms with Gasteiger partial charge >= 0.3 is 0 Å². The predicted molar refractivity (Wildman–Crippen MR) is 88.4 cm³/mol. The first kappa shape index (κ1) is 15.8. The van der Waals surface area contributed by atoms with Gasteiger partial charge in [0.05, 0.1) is 11.1 Å². The fourth-order valence-electron chi connectivity index (χ4n) is 2.39. The molecule has 0 aliphatic heterocycles. The summed E-state index contributed by atoms with van der Waals surface area (Å²) in [5.74, 6) is -0.387. The molecule has 112 valence electrons. The lowest BCUT2D eigenvalue weighted by Gasteiger charge is -2.20. The third-order valence-corrected chi connectivity index (χ3v) is 3.87. The summed E-state index contributed by atoms with van der Waals surface area (Å²) < 4.78 is 13.6. The van der Waals surface area contributed by atoms with E-state index in [0.29, 0.717) is 0 Å². The van der Waals surface area contributed by atoms with Crippen molar-refractivity contribution >= 4 is 17.3 Å². The molecule has 1 N–H and O–H groups in total. The van der Waals surface area contributed by atoms with Crippen molar-refractivity contribution in [3.63, 3.8) is 0 Å². The number of halogens is 2. The maximum Gasteiger partial charge on any atom is 0.143 e. The molecule has 0 aliphatic carbocycles. The molecule has 0 fully saturated rings. The highest BCUT2D eigenvalue weighted by atomic mass is 35.5. The van der Waals surface area contributed by atoms with Crippen molar-refractivity contribution in [1.82, 2.24) is 0 Å². The fourth-order valence-corrected chi connectivity index (χ4v) is 2.51. The van der Waals surface area contributed by atoms with E-state index in [4.69, 9.17) is 11.6 Å². The van der Waals surface area contributed by atoms with Crippen molar-refractivity contribution in [1.29, 1.82) is 0 Å². The van der Waals surface area contributed by atoms with Crippen LogP contribution < -0.4 is 5.32 Å². The summed E-state index contributed by atoms with van der Waals surface area (Å²) in [6, 6.07) is 15.4. The molecule has 0 heterocycles. The molecular formula is C18H21ClFN. The molecule has 21 heavy (non-hydrogen) atoms. The molecule has 1 atom stereocenters. The molecule has 0 radical (unpaired) electrons. The molecule has 0 saturated carbocycles. The summed E-state index contributed by atoms with van der Waals surface area (Å²) in [7, 11) is 0. The van der Waals surface area contributed by atoms with Gasteiger partial charge < -0.3 is 5.32 Å². The number of anilines is 1. The molecule has 2 aromatic carbocycles. The van der Waals surface area contributed by atoms with Gasteiger partial charge in [-0.2, -0.15) is 0 Å². The summed E-state index contributed by atoms with van der Waals surface area (Å²) >= 11 is 5.73. The Morgan fingerprint density at radius 2 is 1.86 bits per heavy atom. The Bertz CT molecular complexity index is 556. The maximum absolute atomic E-state index is 13.6. The van der Waals surface area contributed by atoms with Gasteiger partial charge in [0.2, 0.25) is 0 Å². The molecule has 1 nitrogen and oxygen atoms in total. The maximum atomic E-state index is 13.6. The number of hydrogen-bond donors (Lipinski definition) is 1. The minimum Gasteiger partial charge on any atom is -0.378 e. The Morgan fingerprint density at radius 1 is 1.10 bits per heavy atom. The van der Waals surface area contributed by atoms with Crippen LogP contribution >= 0.6 is 11.6 Å². The third kappa shape index (κ3) is 4.75. The van der Waals surface area contributed by atoms with Crippen LogP contribution in [0.15, 0.2) is 48.5 Å². The second-order valence-electron chi connectivity index (χ2n) is 5.23. The van der Waals surface area contributed by atoms with Crippen molar-refractivity contribution in [3.05, 3.63) is 64.9 Å². The largest absolute Gasteiger partial charge is 0.378 e. The van der Waals surface area contributed by atoms with Gasteiger partial charge in [0, 0.05) is 5.69 Å². The molecule has 0 aliphatic rings. The van der Waals surface area contributed by atoms with Gasteiger partial charge in [-0.15, -0.1) is 0 Å². The van der Waals surface area contributed by atoms with Crippen LogP contribution in [0.4, 0.5) is 10.1 Å². The second-order valence-corrected chi connectivity index (χ2v) is 5.64. The SMILES string of the molecule is CCCCCC(Nc1ccc(Cl)c(F)c1)c1ccccc1. The highest BCUT2D eigenvalue weighted by Gasteiger charge is 2.11. The first-order valence-corrected chi connectivity index (χ1v) is 7.85. The number of hydrogen-bond acceptors (Lipinski definition) is 1. The number of rotatable bonds is 7. The average Bonchev–Trinajstić information content (AvgIpc) is 2.51. The van der Waals surface area contributed by atoms with Crippen molar-refractivity contribution in [3.8, 4) is 0 Å².